The Kier molecular flexibility index (Phi) is 82.1. The van der Waals surface area contributed by atoms with Gasteiger partial charge in [-0.3, -0.25) is 4.79 Å². The van der Waals surface area contributed by atoms with E-state index in [2.05, 4.69) is 14.2 Å². The summed E-state index contributed by atoms with van der Waals surface area (Å²) in [5, 5.41) is 0. The molecule has 0 radical (unpaired) electrons. The van der Waals surface area contributed by atoms with Gasteiger partial charge in [0, 0.05) is 34.9 Å². The lowest BCUT2D eigenvalue weighted by atomic mass is 10.5. The highest BCUT2D eigenvalue weighted by molar-refractivity contribution is 5.68. The third kappa shape index (κ3) is 107. The molecule has 0 saturated heterocycles. The van der Waals surface area contributed by atoms with E-state index in [0.29, 0.717) is 6.42 Å². The minimum absolute atomic E-state index is 0. The second kappa shape index (κ2) is 39.4. The van der Waals surface area contributed by atoms with Gasteiger partial charge in [0.2, 0.25) is 0 Å². The molecule has 0 atom stereocenters. The molecule has 0 aromatic rings. The summed E-state index contributed by atoms with van der Waals surface area (Å²) in [5.74, 6) is -0.157. The van der Waals surface area contributed by atoms with E-state index in [1.807, 2.05) is 0 Å². The molecule has 0 unspecified atom stereocenters. The lowest BCUT2D eigenvalue weighted by Gasteiger charge is -1.87. The minimum Gasteiger partial charge on any atom is -0.469 e. The van der Waals surface area contributed by atoms with Crippen LogP contribution in [0.2, 0.25) is 0 Å². The highest BCUT2D eigenvalue weighted by Gasteiger charge is 1.87. The Bertz CT molecular complexity index is 66.5. The molecule has 4 heteroatoms. The first-order valence-electron chi connectivity index (χ1n) is 3.51. The summed E-state index contributed by atoms with van der Waals surface area (Å²) in [7, 11) is 7.88. The van der Waals surface area contributed by atoms with Gasteiger partial charge in [-0.1, -0.05) is 21.8 Å². The first-order valence-corrected chi connectivity index (χ1v) is 3.51. The molecule has 14 heavy (non-hydrogen) atoms. The van der Waals surface area contributed by atoms with Crippen LogP contribution in [0.3, 0.4) is 0 Å². The molecule has 0 fully saturated rings. The summed E-state index contributed by atoms with van der Waals surface area (Å²) in [6, 6.07) is 0. The smallest absolute Gasteiger partial charge is 0.305 e. The van der Waals surface area contributed by atoms with E-state index in [-0.39, 0.29) is 20.8 Å². The van der Waals surface area contributed by atoms with Crippen molar-refractivity contribution in [3.8, 4) is 0 Å². The number of carbonyl (C=O) groups is 1. The van der Waals surface area contributed by atoms with Crippen LogP contribution in [0, 0.1) is 0 Å². The van der Waals surface area contributed by atoms with E-state index >= 15 is 0 Å². The van der Waals surface area contributed by atoms with E-state index in [0.717, 1.165) is 0 Å². The average Bonchev–Trinajstić information content (AvgIpc) is 2.06. The lowest BCUT2D eigenvalue weighted by Crippen LogP contribution is -1.94. The number of ether oxygens (including phenoxy) is 3. The SMILES string of the molecule is C.C.CCC(=O)OC.COC.COC. The van der Waals surface area contributed by atoms with E-state index in [9.17, 15) is 4.79 Å². The van der Waals surface area contributed by atoms with Crippen LogP contribution in [0.1, 0.15) is 28.2 Å². The van der Waals surface area contributed by atoms with E-state index < -0.39 is 0 Å². The Labute approximate surface area is 89.5 Å². The molecule has 4 nitrogen and oxygen atoms in total. The van der Waals surface area contributed by atoms with Gasteiger partial charge in [-0.05, 0) is 0 Å². The Morgan fingerprint density at radius 2 is 1.14 bits per heavy atom. The number of carbonyl (C=O) groups excluding carboxylic acids is 1. The maximum absolute atomic E-state index is 9.96. The second-order valence-corrected chi connectivity index (χ2v) is 1.75. The Morgan fingerprint density at radius 1 is 0.929 bits per heavy atom. The highest BCUT2D eigenvalue weighted by atomic mass is 16.5. The number of rotatable bonds is 1. The van der Waals surface area contributed by atoms with Gasteiger partial charge in [0.05, 0.1) is 7.11 Å². The normalized spacial score (nSPS) is 5.86. The van der Waals surface area contributed by atoms with Gasteiger partial charge in [-0.2, -0.15) is 0 Å². The highest BCUT2D eigenvalue weighted by Crippen LogP contribution is 1.76. The molecule has 0 aliphatic heterocycles. The average molecular weight is 212 g/mol. The van der Waals surface area contributed by atoms with Crippen LogP contribution in [-0.4, -0.2) is 41.5 Å². The van der Waals surface area contributed by atoms with Gasteiger partial charge >= 0.3 is 5.97 Å². The van der Waals surface area contributed by atoms with Crippen LogP contribution >= 0.6 is 0 Å². The first-order chi connectivity index (χ1) is 5.64. The number of hydrogen-bond acceptors (Lipinski definition) is 4. The van der Waals surface area contributed by atoms with E-state index in [4.69, 9.17) is 0 Å². The van der Waals surface area contributed by atoms with Crippen LogP contribution in [0.5, 0.6) is 0 Å². The fourth-order valence-corrected chi connectivity index (χ4v) is 0.144. The van der Waals surface area contributed by atoms with Gasteiger partial charge in [0.1, 0.15) is 0 Å². The third-order valence-electron chi connectivity index (χ3n) is 0.516. The molecular weight excluding hydrogens is 184 g/mol. The molecule has 0 aliphatic rings. The van der Waals surface area contributed by atoms with Crippen LogP contribution < -0.4 is 0 Å². The van der Waals surface area contributed by atoms with Crippen molar-refractivity contribution in [2.24, 2.45) is 0 Å². The summed E-state index contributed by atoms with van der Waals surface area (Å²) in [6.45, 7) is 1.76. The topological polar surface area (TPSA) is 44.8 Å². The van der Waals surface area contributed by atoms with Crippen molar-refractivity contribution in [2.75, 3.05) is 35.5 Å². The van der Waals surface area contributed by atoms with Crippen molar-refractivity contribution in [3.05, 3.63) is 0 Å². The van der Waals surface area contributed by atoms with Gasteiger partial charge in [0.15, 0.2) is 0 Å². The van der Waals surface area contributed by atoms with Gasteiger partial charge in [0.25, 0.3) is 0 Å². The fourth-order valence-electron chi connectivity index (χ4n) is 0.144. The zero-order valence-corrected chi connectivity index (χ0v) is 8.84. The summed E-state index contributed by atoms with van der Waals surface area (Å²) in [5.41, 5.74) is 0. The lowest BCUT2D eigenvalue weighted by molar-refractivity contribution is -0.140. The third-order valence-corrected chi connectivity index (χ3v) is 0.516. The van der Waals surface area contributed by atoms with Gasteiger partial charge < -0.3 is 14.2 Å². The Balaban J connectivity index is -0.0000000297. The number of methoxy groups -OCH3 is 3. The van der Waals surface area contributed by atoms with Crippen molar-refractivity contribution in [1.29, 1.82) is 0 Å². The standard InChI is InChI=1S/C4H8O2.2C2H6O.2CH4/c1-3-4(5)6-2;2*1-3-2;;/h3H2,1-2H3;2*1-2H3;2*1H4. The quantitative estimate of drug-likeness (QED) is 0.626. The van der Waals surface area contributed by atoms with Crippen molar-refractivity contribution < 1.29 is 19.0 Å². The van der Waals surface area contributed by atoms with Crippen LogP contribution in [-0.2, 0) is 19.0 Å². The number of esters is 1. The first kappa shape index (κ1) is 29.2. The van der Waals surface area contributed by atoms with E-state index in [1.165, 1.54) is 7.11 Å². The van der Waals surface area contributed by atoms with Crippen molar-refractivity contribution >= 4 is 5.97 Å². The largest absolute Gasteiger partial charge is 0.469 e. The second-order valence-electron chi connectivity index (χ2n) is 1.75. The van der Waals surface area contributed by atoms with Crippen LogP contribution in [0.25, 0.3) is 0 Å². The Hall–Kier alpha value is -0.610. The minimum atomic E-state index is -0.157. The maximum Gasteiger partial charge on any atom is 0.305 e. The predicted octanol–water partition coefficient (Wildman–Crippen LogP) is 2.37. The van der Waals surface area contributed by atoms with Crippen LogP contribution in [0.15, 0.2) is 0 Å². The molecule has 0 spiro atoms. The molecule has 0 bridgehead atoms. The molecule has 0 amide bonds. The molecule has 0 aromatic heterocycles. The van der Waals surface area contributed by atoms with Crippen molar-refractivity contribution in [2.45, 2.75) is 28.2 Å². The van der Waals surface area contributed by atoms with Gasteiger partial charge in [-0.25, -0.2) is 0 Å². The monoisotopic (exact) mass is 212 g/mol. The zero-order valence-electron chi connectivity index (χ0n) is 8.84. The molecular formula is C10H28O4. The number of hydrogen-bond donors (Lipinski definition) is 0. The molecule has 0 rings (SSSR count). The van der Waals surface area contributed by atoms with Crippen LogP contribution in [0.4, 0.5) is 0 Å². The van der Waals surface area contributed by atoms with Gasteiger partial charge in [-0.15, -0.1) is 0 Å². The maximum atomic E-state index is 9.96. The molecule has 0 N–H and O–H groups in total. The fraction of sp³-hybridized carbons (Fsp3) is 0.900. The van der Waals surface area contributed by atoms with Crippen molar-refractivity contribution in [1.82, 2.24) is 0 Å². The molecule has 0 aliphatic carbocycles. The predicted molar refractivity (Wildman–Crippen MR) is 61.6 cm³/mol. The molecule has 0 heterocycles. The Morgan fingerprint density at radius 3 is 1.14 bits per heavy atom. The van der Waals surface area contributed by atoms with Crippen molar-refractivity contribution in [3.63, 3.8) is 0 Å². The molecule has 92 valence electrons. The zero-order chi connectivity index (χ0) is 10.4. The summed E-state index contributed by atoms with van der Waals surface area (Å²) in [4.78, 5) is 9.96. The summed E-state index contributed by atoms with van der Waals surface area (Å²) < 4.78 is 12.8. The summed E-state index contributed by atoms with van der Waals surface area (Å²) >= 11 is 0. The molecule has 0 aromatic carbocycles. The van der Waals surface area contributed by atoms with E-state index in [1.54, 1.807) is 35.4 Å². The molecule has 0 saturated carbocycles. The summed E-state index contributed by atoms with van der Waals surface area (Å²) in [6.07, 6.45) is 0.469.